The molecule has 1 aromatic carbocycles. The number of sulfonamides is 1. The molecule has 0 aromatic heterocycles. The Morgan fingerprint density at radius 1 is 1.08 bits per heavy atom. The molecule has 3 aliphatic carbocycles. The minimum absolute atomic E-state index is 0.0423. The summed E-state index contributed by atoms with van der Waals surface area (Å²) >= 11 is 0. The van der Waals surface area contributed by atoms with Gasteiger partial charge in [-0.2, -0.15) is 0 Å². The Kier molecular flexibility index (Phi) is 6.99. The van der Waals surface area contributed by atoms with E-state index in [2.05, 4.69) is 30.4 Å². The highest BCUT2D eigenvalue weighted by Crippen LogP contribution is 2.59. The van der Waals surface area contributed by atoms with E-state index in [0.29, 0.717) is 17.4 Å². The van der Waals surface area contributed by atoms with Crippen molar-refractivity contribution in [2.75, 3.05) is 13.2 Å². The quantitative estimate of drug-likeness (QED) is 0.556. The summed E-state index contributed by atoms with van der Waals surface area (Å²) in [6.07, 6.45) is 1.89. The van der Waals surface area contributed by atoms with Crippen LogP contribution >= 0.6 is 0 Å². The van der Waals surface area contributed by atoms with Crippen LogP contribution in [0.3, 0.4) is 0 Å². The van der Waals surface area contributed by atoms with Crippen LogP contribution in [0.25, 0.3) is 0 Å². The summed E-state index contributed by atoms with van der Waals surface area (Å²) in [7, 11) is -3.66. The minimum atomic E-state index is -3.66. The van der Waals surface area contributed by atoms with Gasteiger partial charge in [-0.05, 0) is 95.4 Å². The zero-order valence-corrected chi connectivity index (χ0v) is 23.7. The predicted molar refractivity (Wildman–Crippen MR) is 140 cm³/mol. The normalized spacial score (nSPS) is 27.8. The number of rotatable bonds is 4. The Morgan fingerprint density at radius 3 is 2.16 bits per heavy atom. The van der Waals surface area contributed by atoms with Crippen molar-refractivity contribution in [3.63, 3.8) is 0 Å². The van der Waals surface area contributed by atoms with E-state index >= 15 is 0 Å². The second kappa shape index (κ2) is 9.26. The van der Waals surface area contributed by atoms with Crippen LogP contribution in [-0.4, -0.2) is 60.6 Å². The van der Waals surface area contributed by atoms with Crippen molar-refractivity contribution < 1.29 is 27.8 Å². The van der Waals surface area contributed by atoms with Gasteiger partial charge in [0.05, 0.1) is 18.1 Å². The largest absolute Gasteiger partial charge is 0.465 e. The fourth-order valence-electron chi connectivity index (χ4n) is 6.16. The molecule has 0 radical (unpaired) electrons. The molecule has 1 amide bonds. The third kappa shape index (κ3) is 5.40. The van der Waals surface area contributed by atoms with Crippen LogP contribution < -0.4 is 4.72 Å². The van der Waals surface area contributed by atoms with E-state index in [-0.39, 0.29) is 29.6 Å². The van der Waals surface area contributed by atoms with Gasteiger partial charge in [0.2, 0.25) is 10.0 Å². The van der Waals surface area contributed by atoms with Gasteiger partial charge in [-0.15, -0.1) is 0 Å². The molecule has 8 nitrogen and oxygen atoms in total. The molecule has 1 aromatic rings. The van der Waals surface area contributed by atoms with Crippen molar-refractivity contribution >= 4 is 16.1 Å². The van der Waals surface area contributed by atoms with Gasteiger partial charge in [-0.25, -0.2) is 17.9 Å². The number of carboxylic acid groups (broad SMARTS) is 1. The van der Waals surface area contributed by atoms with Crippen LogP contribution in [0.2, 0.25) is 0 Å². The van der Waals surface area contributed by atoms with Gasteiger partial charge < -0.3 is 14.6 Å². The van der Waals surface area contributed by atoms with E-state index in [9.17, 15) is 18.3 Å². The highest BCUT2D eigenvalue weighted by molar-refractivity contribution is 7.89. The van der Waals surface area contributed by atoms with Crippen LogP contribution in [0.5, 0.6) is 0 Å². The van der Waals surface area contributed by atoms with Crippen molar-refractivity contribution in [2.45, 2.75) is 95.5 Å². The Hall–Kier alpha value is -2.12. The minimum Gasteiger partial charge on any atom is -0.465 e. The van der Waals surface area contributed by atoms with Gasteiger partial charge in [-0.3, -0.25) is 4.90 Å². The van der Waals surface area contributed by atoms with Crippen molar-refractivity contribution in [1.82, 2.24) is 9.62 Å². The number of benzene rings is 1. The Morgan fingerprint density at radius 2 is 1.68 bits per heavy atom. The zero-order chi connectivity index (χ0) is 27.4. The standard InChI is InChI=1S/C28H40N2O6S/c1-25(2,3)30(24(31)32)28(17-35-27(6,7)36-18-28)15-14-19-8-11-21(12-9-19)37(33,34)29-23-13-10-20-16-22(23)26(20,4)5/h8-9,11-12,20,22-23,29H,10,13,16-18H2,1-7H3,(H,31,32). The monoisotopic (exact) mass is 532 g/mol. The molecule has 9 heteroatoms. The van der Waals surface area contributed by atoms with Crippen molar-refractivity contribution in [2.24, 2.45) is 17.3 Å². The number of amides is 1. The first kappa shape index (κ1) is 27.9. The second-order valence-corrected chi connectivity index (χ2v) is 14.5. The zero-order valence-electron chi connectivity index (χ0n) is 22.9. The lowest BCUT2D eigenvalue weighted by molar-refractivity contribution is -0.278. The predicted octanol–water partition coefficient (Wildman–Crippen LogP) is 4.44. The fourth-order valence-corrected chi connectivity index (χ4v) is 7.48. The first-order chi connectivity index (χ1) is 17.0. The Bertz CT molecular complexity index is 1190. The first-order valence-corrected chi connectivity index (χ1v) is 14.4. The maximum absolute atomic E-state index is 13.1. The average molecular weight is 533 g/mol. The molecule has 5 rings (SSSR count). The van der Waals surface area contributed by atoms with Crippen LogP contribution in [0.15, 0.2) is 29.2 Å². The van der Waals surface area contributed by atoms with Crippen LogP contribution in [0.1, 0.15) is 73.3 Å². The lowest BCUT2D eigenvalue weighted by Crippen LogP contribution is -2.66. The molecular weight excluding hydrogens is 492 g/mol. The summed E-state index contributed by atoms with van der Waals surface area (Å²) in [5, 5.41) is 10.0. The van der Waals surface area contributed by atoms with E-state index in [0.717, 1.165) is 19.3 Å². The summed E-state index contributed by atoms with van der Waals surface area (Å²) in [6.45, 7) is 13.5. The fraction of sp³-hybridized carbons (Fsp3) is 0.679. The summed E-state index contributed by atoms with van der Waals surface area (Å²) in [5.41, 5.74) is -1.23. The molecule has 4 aliphatic rings. The number of ether oxygens (including phenoxy) is 2. The van der Waals surface area contributed by atoms with Crippen molar-refractivity contribution in [1.29, 1.82) is 0 Å². The molecule has 3 unspecified atom stereocenters. The van der Waals surface area contributed by atoms with Gasteiger partial charge in [0.1, 0.15) is 0 Å². The highest BCUT2D eigenvalue weighted by Gasteiger charge is 2.55. The Labute approximate surface area is 221 Å². The summed E-state index contributed by atoms with van der Waals surface area (Å²) < 4.78 is 40.9. The van der Waals surface area contributed by atoms with Crippen molar-refractivity contribution in [3.05, 3.63) is 29.8 Å². The molecule has 3 saturated carbocycles. The van der Waals surface area contributed by atoms with Gasteiger partial charge in [0.15, 0.2) is 11.3 Å². The lowest BCUT2D eigenvalue weighted by atomic mass is 9.47. The SMILES string of the molecule is CC1(C)OCC(C#Cc2ccc(S(=O)(=O)NC3CCC4CC3C4(C)C)cc2)(N(C(=O)O)C(C)(C)C)CO1. The molecule has 2 N–H and O–H groups in total. The Balaban J connectivity index is 1.56. The molecule has 204 valence electrons. The molecule has 1 saturated heterocycles. The van der Waals surface area contributed by atoms with E-state index in [1.807, 2.05) is 0 Å². The number of carbonyl (C=O) groups is 1. The van der Waals surface area contributed by atoms with E-state index in [1.54, 1.807) is 58.9 Å². The maximum atomic E-state index is 13.1. The molecule has 37 heavy (non-hydrogen) atoms. The summed E-state index contributed by atoms with van der Waals surface area (Å²) in [6, 6.07) is 6.35. The molecule has 2 bridgehead atoms. The van der Waals surface area contributed by atoms with Crippen LogP contribution in [-0.2, 0) is 19.5 Å². The average Bonchev–Trinajstić information content (AvgIpc) is 2.78. The van der Waals surface area contributed by atoms with E-state index < -0.39 is 33.0 Å². The number of nitrogens with zero attached hydrogens (tertiary/aromatic N) is 1. The number of fused-ring (bicyclic) bond motifs is 2. The first-order valence-electron chi connectivity index (χ1n) is 12.9. The number of hydrogen-bond donors (Lipinski definition) is 2. The summed E-state index contributed by atoms with van der Waals surface area (Å²) in [5.74, 6) is 6.37. The number of hydrogen-bond acceptors (Lipinski definition) is 5. The van der Waals surface area contributed by atoms with Gasteiger partial charge >= 0.3 is 6.09 Å². The van der Waals surface area contributed by atoms with E-state index in [4.69, 9.17) is 9.47 Å². The number of nitrogens with one attached hydrogen (secondary N) is 1. The third-order valence-corrected chi connectivity index (χ3v) is 9.88. The molecule has 0 spiro atoms. The lowest BCUT2D eigenvalue weighted by Gasteiger charge is -2.60. The van der Waals surface area contributed by atoms with Crippen LogP contribution in [0, 0.1) is 29.1 Å². The second-order valence-electron chi connectivity index (χ2n) is 12.7. The van der Waals surface area contributed by atoms with Gasteiger partial charge in [0.25, 0.3) is 0 Å². The molecule has 3 atom stereocenters. The molecule has 1 aliphatic heterocycles. The molecule has 1 heterocycles. The summed E-state index contributed by atoms with van der Waals surface area (Å²) in [4.78, 5) is 13.8. The van der Waals surface area contributed by atoms with Gasteiger partial charge in [0, 0.05) is 17.1 Å². The van der Waals surface area contributed by atoms with Crippen molar-refractivity contribution in [3.8, 4) is 11.8 Å². The van der Waals surface area contributed by atoms with Crippen LogP contribution in [0.4, 0.5) is 4.79 Å². The smallest absolute Gasteiger partial charge is 0.409 e. The molecular formula is C28H40N2O6S. The highest BCUT2D eigenvalue weighted by atomic mass is 32.2. The maximum Gasteiger partial charge on any atom is 0.409 e. The third-order valence-electron chi connectivity index (χ3n) is 8.38. The topological polar surface area (TPSA) is 105 Å². The van der Waals surface area contributed by atoms with Gasteiger partial charge in [-0.1, -0.05) is 25.7 Å². The van der Waals surface area contributed by atoms with E-state index in [1.165, 1.54) is 4.90 Å². The molecule has 4 fully saturated rings.